The molecule has 0 aliphatic rings. The van der Waals surface area contributed by atoms with Crippen molar-refractivity contribution in [2.45, 2.75) is 0 Å². The molecule has 0 N–H and O–H groups in total. The highest BCUT2D eigenvalue weighted by Crippen LogP contribution is 2.46. The van der Waals surface area contributed by atoms with Crippen molar-refractivity contribution in [3.05, 3.63) is 182 Å². The summed E-state index contributed by atoms with van der Waals surface area (Å²) in [5, 5.41) is 11.1. The van der Waals surface area contributed by atoms with E-state index in [4.69, 9.17) is 23.8 Å². The molecule has 274 valence electrons. The lowest BCUT2D eigenvalue weighted by Crippen LogP contribution is -2.06. The van der Waals surface area contributed by atoms with Gasteiger partial charge >= 0.3 is 0 Å². The molecule has 0 bridgehead atoms. The van der Waals surface area contributed by atoms with E-state index in [0.717, 1.165) is 104 Å². The average Bonchev–Trinajstić information content (AvgIpc) is 3.99. The highest BCUT2D eigenvalue weighted by atomic mass is 16.3. The van der Waals surface area contributed by atoms with Crippen LogP contribution in [0.15, 0.2) is 191 Å². The van der Waals surface area contributed by atoms with Crippen LogP contribution < -0.4 is 0 Å². The van der Waals surface area contributed by atoms with Crippen LogP contribution in [-0.4, -0.2) is 19.5 Å². The lowest BCUT2D eigenvalue weighted by Gasteiger charge is -2.13. The molecule has 0 atom stereocenters. The lowest BCUT2D eigenvalue weighted by atomic mass is 9.95. The Kier molecular flexibility index (Phi) is 6.63. The van der Waals surface area contributed by atoms with Gasteiger partial charge in [0.15, 0.2) is 11.6 Å². The summed E-state index contributed by atoms with van der Waals surface area (Å²) in [6, 6.07) is 63.1. The number of hydrogen-bond acceptors (Lipinski definition) is 5. The first-order chi connectivity index (χ1) is 29.2. The van der Waals surface area contributed by atoms with E-state index >= 15 is 0 Å². The Labute approximate surface area is 336 Å². The molecule has 9 aromatic carbocycles. The van der Waals surface area contributed by atoms with Crippen molar-refractivity contribution >= 4 is 87.2 Å². The summed E-state index contributed by atoms with van der Waals surface area (Å²) in [7, 11) is 0. The van der Waals surface area contributed by atoms with Gasteiger partial charge < -0.3 is 8.83 Å². The maximum Gasteiger partial charge on any atom is 0.238 e. The van der Waals surface area contributed by atoms with Crippen LogP contribution in [0, 0.1) is 0 Å². The zero-order valence-electron chi connectivity index (χ0n) is 31.4. The van der Waals surface area contributed by atoms with Crippen LogP contribution in [0.3, 0.4) is 0 Å². The number of furan rings is 2. The van der Waals surface area contributed by atoms with Gasteiger partial charge in [-0.15, -0.1) is 0 Å². The summed E-state index contributed by atoms with van der Waals surface area (Å²) < 4.78 is 15.1. The van der Waals surface area contributed by atoms with Gasteiger partial charge in [0.1, 0.15) is 22.3 Å². The summed E-state index contributed by atoms with van der Waals surface area (Å²) in [5.74, 6) is 1.65. The number of aromatic nitrogens is 4. The lowest BCUT2D eigenvalue weighted by molar-refractivity contribution is 0.668. The topological polar surface area (TPSA) is 69.9 Å². The van der Waals surface area contributed by atoms with Crippen molar-refractivity contribution in [1.29, 1.82) is 0 Å². The second-order valence-corrected chi connectivity index (χ2v) is 15.1. The first-order valence-corrected chi connectivity index (χ1v) is 19.8. The van der Waals surface area contributed by atoms with Gasteiger partial charge in [0.2, 0.25) is 5.95 Å². The largest absolute Gasteiger partial charge is 0.456 e. The van der Waals surface area contributed by atoms with E-state index in [-0.39, 0.29) is 0 Å². The van der Waals surface area contributed by atoms with Crippen LogP contribution in [-0.2, 0) is 0 Å². The molecule has 0 aliphatic carbocycles. The Morgan fingerprint density at radius 2 is 0.864 bits per heavy atom. The fraction of sp³-hybridized carbons (Fsp3) is 0. The van der Waals surface area contributed by atoms with E-state index in [1.165, 1.54) is 5.39 Å². The fourth-order valence-electron chi connectivity index (χ4n) is 9.21. The third kappa shape index (κ3) is 4.71. The van der Waals surface area contributed by atoms with E-state index in [0.29, 0.717) is 17.6 Å². The van der Waals surface area contributed by atoms with Crippen molar-refractivity contribution in [1.82, 2.24) is 19.5 Å². The molecule has 6 heteroatoms. The minimum Gasteiger partial charge on any atom is -0.456 e. The summed E-state index contributed by atoms with van der Waals surface area (Å²) in [6.07, 6.45) is 0. The number of fused-ring (bicyclic) bond motifs is 15. The minimum absolute atomic E-state index is 0.523. The molecule has 0 amide bonds. The Balaban J connectivity index is 1.16. The third-order valence-corrected chi connectivity index (χ3v) is 11.9. The Morgan fingerprint density at radius 3 is 1.64 bits per heavy atom. The Bertz CT molecular complexity index is 3840. The number of hydrogen-bond donors (Lipinski definition) is 0. The molecule has 0 saturated heterocycles. The fourth-order valence-corrected chi connectivity index (χ4v) is 9.21. The highest BCUT2D eigenvalue weighted by molar-refractivity contribution is 6.37. The molecule has 0 spiro atoms. The predicted molar refractivity (Wildman–Crippen MR) is 240 cm³/mol. The molecule has 59 heavy (non-hydrogen) atoms. The molecule has 0 radical (unpaired) electrons. The maximum atomic E-state index is 6.52. The van der Waals surface area contributed by atoms with Crippen LogP contribution in [0.2, 0.25) is 0 Å². The van der Waals surface area contributed by atoms with Gasteiger partial charge in [-0.25, -0.2) is 4.98 Å². The standard InChI is InChI=1S/C53H30N4O2/c1-2-12-31(13-3-1)32-22-24-33(25-23-32)51-54-52(34-26-27-38-37-16-8-10-20-43(37)59-46(38)30-34)56-53(55-51)57-42-28-29-45-47(41-19-9-11-21-44(41)58-45)49(42)48-39-17-6-4-14-35(39)36-15-5-7-18-40(36)50(48)57/h1-30H. The maximum absolute atomic E-state index is 6.52. The van der Waals surface area contributed by atoms with Crippen LogP contribution in [0.5, 0.6) is 0 Å². The zero-order valence-corrected chi connectivity index (χ0v) is 31.4. The van der Waals surface area contributed by atoms with Gasteiger partial charge in [0.05, 0.1) is 11.0 Å². The van der Waals surface area contributed by atoms with Crippen molar-refractivity contribution in [3.63, 3.8) is 0 Å². The van der Waals surface area contributed by atoms with Gasteiger partial charge in [0.25, 0.3) is 0 Å². The monoisotopic (exact) mass is 754 g/mol. The second kappa shape index (κ2) is 12.2. The summed E-state index contributed by atoms with van der Waals surface area (Å²) in [4.78, 5) is 16.0. The molecule has 13 rings (SSSR count). The number of nitrogens with zero attached hydrogens (tertiary/aromatic N) is 4. The molecule has 4 heterocycles. The smallest absolute Gasteiger partial charge is 0.238 e. The second-order valence-electron chi connectivity index (χ2n) is 15.1. The number of rotatable bonds is 4. The van der Waals surface area contributed by atoms with E-state index in [1.807, 2.05) is 42.5 Å². The normalized spacial score (nSPS) is 12.1. The van der Waals surface area contributed by atoms with Crippen molar-refractivity contribution in [2.75, 3.05) is 0 Å². The molecular formula is C53H30N4O2. The van der Waals surface area contributed by atoms with Gasteiger partial charge in [0, 0.05) is 48.8 Å². The highest BCUT2D eigenvalue weighted by Gasteiger charge is 2.25. The minimum atomic E-state index is 0.523. The van der Waals surface area contributed by atoms with E-state index in [2.05, 4.69) is 144 Å². The molecule has 4 aromatic heterocycles. The molecule has 0 unspecified atom stereocenters. The summed E-state index contributed by atoms with van der Waals surface area (Å²) in [6.45, 7) is 0. The Morgan fingerprint density at radius 1 is 0.322 bits per heavy atom. The van der Waals surface area contributed by atoms with E-state index in [9.17, 15) is 0 Å². The third-order valence-electron chi connectivity index (χ3n) is 11.9. The molecule has 0 saturated carbocycles. The summed E-state index contributed by atoms with van der Waals surface area (Å²) in [5.41, 5.74) is 9.32. The molecular weight excluding hydrogens is 725 g/mol. The SMILES string of the molecule is c1ccc(-c2ccc(-c3nc(-c4ccc5c(c4)oc4ccccc45)nc(-n4c5ccc6oc7ccccc7c6c5c5c6ccccc6c6ccccc6c54)n3)cc2)cc1. The predicted octanol–water partition coefficient (Wildman–Crippen LogP) is 14.1. The van der Waals surface area contributed by atoms with Crippen molar-refractivity contribution < 1.29 is 8.83 Å². The van der Waals surface area contributed by atoms with Crippen LogP contribution in [0.4, 0.5) is 0 Å². The molecule has 6 nitrogen and oxygen atoms in total. The molecule has 0 aliphatic heterocycles. The first kappa shape index (κ1) is 32.0. The quantitative estimate of drug-likeness (QED) is 0.167. The van der Waals surface area contributed by atoms with Crippen molar-refractivity contribution in [2.24, 2.45) is 0 Å². The molecule has 13 aromatic rings. The van der Waals surface area contributed by atoms with Crippen LogP contribution in [0.25, 0.3) is 127 Å². The van der Waals surface area contributed by atoms with Gasteiger partial charge in [-0.3, -0.25) is 4.57 Å². The van der Waals surface area contributed by atoms with Gasteiger partial charge in [-0.1, -0.05) is 146 Å². The van der Waals surface area contributed by atoms with Crippen LogP contribution >= 0.6 is 0 Å². The van der Waals surface area contributed by atoms with Gasteiger partial charge in [-0.05, 0) is 63.7 Å². The van der Waals surface area contributed by atoms with Gasteiger partial charge in [-0.2, -0.15) is 9.97 Å². The average molecular weight is 755 g/mol. The van der Waals surface area contributed by atoms with Crippen molar-refractivity contribution in [3.8, 4) is 39.9 Å². The zero-order chi connectivity index (χ0) is 38.6. The van der Waals surface area contributed by atoms with E-state index < -0.39 is 0 Å². The van der Waals surface area contributed by atoms with Crippen LogP contribution in [0.1, 0.15) is 0 Å². The number of benzene rings is 9. The summed E-state index contributed by atoms with van der Waals surface area (Å²) >= 11 is 0. The number of para-hydroxylation sites is 2. The first-order valence-electron chi connectivity index (χ1n) is 19.8. The van der Waals surface area contributed by atoms with E-state index in [1.54, 1.807) is 0 Å². The Hall–Kier alpha value is -8.09. The molecule has 0 fully saturated rings.